The van der Waals surface area contributed by atoms with E-state index in [1.807, 2.05) is 60.7 Å². The van der Waals surface area contributed by atoms with Gasteiger partial charge in [0.05, 0.1) is 6.61 Å². The Balaban J connectivity index is 1.90. The summed E-state index contributed by atoms with van der Waals surface area (Å²) in [7, 11) is -3.73. The van der Waals surface area contributed by atoms with Crippen LogP contribution in [0.5, 0.6) is 0 Å². The van der Waals surface area contributed by atoms with E-state index in [2.05, 4.69) is 5.32 Å². The topological polar surface area (TPSA) is 55.4 Å². The second kappa shape index (κ2) is 6.60. The van der Waals surface area contributed by atoms with E-state index in [9.17, 15) is 8.42 Å². The molecule has 0 spiro atoms. The molecule has 116 valence electrons. The van der Waals surface area contributed by atoms with Crippen molar-refractivity contribution in [1.29, 1.82) is 0 Å². The van der Waals surface area contributed by atoms with Crippen LogP contribution in [0, 0.1) is 5.92 Å². The molecule has 0 amide bonds. The van der Waals surface area contributed by atoms with Crippen LogP contribution < -0.4 is 5.32 Å². The largest absolute Gasteiger partial charge is 0.316 e. The highest BCUT2D eigenvalue weighted by Gasteiger charge is 2.31. The lowest BCUT2D eigenvalue weighted by Gasteiger charge is -2.27. The van der Waals surface area contributed by atoms with E-state index < -0.39 is 15.4 Å². The van der Waals surface area contributed by atoms with Crippen molar-refractivity contribution < 1.29 is 12.6 Å². The molecule has 0 saturated carbocycles. The van der Waals surface area contributed by atoms with E-state index in [-0.39, 0.29) is 12.5 Å². The van der Waals surface area contributed by atoms with Crippen LogP contribution in [0.2, 0.25) is 0 Å². The molecule has 4 nitrogen and oxygen atoms in total. The lowest BCUT2D eigenvalue weighted by Crippen LogP contribution is -2.45. The Bertz CT molecular complexity index is 658. The first-order chi connectivity index (χ1) is 10.7. The molecule has 0 aromatic heterocycles. The number of rotatable bonds is 6. The molecule has 1 N–H and O–H groups in total. The Labute approximate surface area is 131 Å². The summed E-state index contributed by atoms with van der Waals surface area (Å²) in [6.45, 7) is 1.87. The van der Waals surface area contributed by atoms with Gasteiger partial charge < -0.3 is 5.32 Å². The molecule has 2 aromatic carbocycles. The molecule has 2 aromatic rings. The predicted molar refractivity (Wildman–Crippen MR) is 86.0 cm³/mol. The maximum absolute atomic E-state index is 12.7. The summed E-state index contributed by atoms with van der Waals surface area (Å²) in [6, 6.07) is 18.4. The number of nitrogens with one attached hydrogen (secondary N) is 1. The summed E-state index contributed by atoms with van der Waals surface area (Å²) < 4.78 is 30.8. The van der Waals surface area contributed by atoms with Gasteiger partial charge in [0.25, 0.3) is 10.1 Å². The third kappa shape index (κ3) is 3.38. The third-order valence-corrected chi connectivity index (χ3v) is 5.41. The highest BCUT2D eigenvalue weighted by molar-refractivity contribution is 7.87. The van der Waals surface area contributed by atoms with Crippen LogP contribution in [-0.2, 0) is 14.3 Å². The zero-order chi connectivity index (χ0) is 15.4. The van der Waals surface area contributed by atoms with E-state index >= 15 is 0 Å². The Kier molecular flexibility index (Phi) is 4.57. The molecule has 1 aliphatic heterocycles. The fraction of sp³-hybridized carbons (Fsp3) is 0.294. The molecule has 0 unspecified atom stereocenters. The molecular weight excluding hydrogens is 298 g/mol. The average molecular weight is 317 g/mol. The van der Waals surface area contributed by atoms with Crippen LogP contribution in [0.4, 0.5) is 0 Å². The highest BCUT2D eigenvalue weighted by Crippen LogP contribution is 2.31. The van der Waals surface area contributed by atoms with Crippen molar-refractivity contribution in [3.05, 3.63) is 71.8 Å². The average Bonchev–Trinajstić information content (AvgIpc) is 2.47. The van der Waals surface area contributed by atoms with Gasteiger partial charge in [0, 0.05) is 19.0 Å². The molecule has 1 aliphatic rings. The molecule has 3 rings (SSSR count). The molecule has 5 heteroatoms. The standard InChI is InChI=1S/C17H19NO3S/c19-22(20,21-13-14-11-18-12-14)17(15-7-3-1-4-8-15)16-9-5-2-6-10-16/h1-10,14,17-18H,11-13H2. The summed E-state index contributed by atoms with van der Waals surface area (Å²) in [6.07, 6.45) is 0. The van der Waals surface area contributed by atoms with Crippen LogP contribution in [0.1, 0.15) is 16.4 Å². The zero-order valence-corrected chi connectivity index (χ0v) is 13.0. The van der Waals surface area contributed by atoms with Crippen molar-refractivity contribution in [2.24, 2.45) is 5.92 Å². The van der Waals surface area contributed by atoms with E-state index in [0.29, 0.717) is 0 Å². The quantitative estimate of drug-likeness (QED) is 0.831. The minimum absolute atomic E-state index is 0.242. The summed E-state index contributed by atoms with van der Waals surface area (Å²) in [4.78, 5) is 0. The van der Waals surface area contributed by atoms with Crippen molar-refractivity contribution in [3.8, 4) is 0 Å². The molecule has 1 fully saturated rings. The highest BCUT2D eigenvalue weighted by atomic mass is 32.2. The second-order valence-corrected chi connectivity index (χ2v) is 7.20. The SMILES string of the molecule is O=S(=O)(OCC1CNC1)C(c1ccccc1)c1ccccc1. The van der Waals surface area contributed by atoms with Crippen LogP contribution in [-0.4, -0.2) is 28.1 Å². The van der Waals surface area contributed by atoms with Crippen molar-refractivity contribution in [3.63, 3.8) is 0 Å². The van der Waals surface area contributed by atoms with Gasteiger partial charge in [-0.15, -0.1) is 0 Å². The Morgan fingerprint density at radius 2 is 1.45 bits per heavy atom. The van der Waals surface area contributed by atoms with Gasteiger partial charge in [0.2, 0.25) is 0 Å². The Morgan fingerprint density at radius 3 is 1.86 bits per heavy atom. The van der Waals surface area contributed by atoms with Crippen LogP contribution >= 0.6 is 0 Å². The minimum atomic E-state index is -3.73. The number of benzene rings is 2. The van der Waals surface area contributed by atoms with Gasteiger partial charge in [0.1, 0.15) is 5.25 Å². The van der Waals surface area contributed by atoms with Gasteiger partial charge in [-0.1, -0.05) is 60.7 Å². The number of hydrogen-bond acceptors (Lipinski definition) is 4. The predicted octanol–water partition coefficient (Wildman–Crippen LogP) is 2.34. The van der Waals surface area contributed by atoms with Crippen molar-refractivity contribution >= 4 is 10.1 Å². The molecule has 1 saturated heterocycles. The van der Waals surface area contributed by atoms with Crippen molar-refractivity contribution in [2.75, 3.05) is 19.7 Å². The summed E-state index contributed by atoms with van der Waals surface area (Å²) in [5.41, 5.74) is 1.45. The normalized spacial score (nSPS) is 15.7. The van der Waals surface area contributed by atoms with Crippen LogP contribution in [0.3, 0.4) is 0 Å². The Hall–Kier alpha value is -1.69. The third-order valence-electron chi connectivity index (χ3n) is 3.83. The fourth-order valence-corrected chi connectivity index (χ4v) is 4.01. The maximum atomic E-state index is 12.7. The van der Waals surface area contributed by atoms with Crippen LogP contribution in [0.15, 0.2) is 60.7 Å². The van der Waals surface area contributed by atoms with Gasteiger partial charge in [0.15, 0.2) is 0 Å². The molecule has 0 aliphatic carbocycles. The van der Waals surface area contributed by atoms with Crippen molar-refractivity contribution in [1.82, 2.24) is 5.32 Å². The smallest absolute Gasteiger partial charge is 0.278 e. The molecule has 1 heterocycles. The number of hydrogen-bond donors (Lipinski definition) is 1. The van der Waals surface area contributed by atoms with E-state index in [0.717, 1.165) is 24.2 Å². The van der Waals surface area contributed by atoms with Gasteiger partial charge in [-0.3, -0.25) is 4.18 Å². The molecule has 0 bridgehead atoms. The maximum Gasteiger partial charge on any atom is 0.278 e. The summed E-state index contributed by atoms with van der Waals surface area (Å²) in [5.74, 6) is 0.280. The Morgan fingerprint density at radius 1 is 0.955 bits per heavy atom. The van der Waals surface area contributed by atoms with E-state index in [1.54, 1.807) is 0 Å². The summed E-state index contributed by atoms with van der Waals surface area (Å²) >= 11 is 0. The lowest BCUT2D eigenvalue weighted by molar-refractivity contribution is 0.202. The molecule has 22 heavy (non-hydrogen) atoms. The van der Waals surface area contributed by atoms with Gasteiger partial charge in [-0.25, -0.2) is 0 Å². The molecule has 0 atom stereocenters. The first kappa shape index (κ1) is 15.2. The molecule has 0 radical (unpaired) electrons. The first-order valence-electron chi connectivity index (χ1n) is 7.35. The molecular formula is C17H19NO3S. The fourth-order valence-electron chi connectivity index (χ4n) is 2.51. The van der Waals surface area contributed by atoms with E-state index in [1.165, 1.54) is 0 Å². The summed E-state index contributed by atoms with van der Waals surface area (Å²) in [5, 5.41) is 2.33. The van der Waals surface area contributed by atoms with Crippen LogP contribution in [0.25, 0.3) is 0 Å². The van der Waals surface area contributed by atoms with Gasteiger partial charge in [-0.2, -0.15) is 8.42 Å². The lowest BCUT2D eigenvalue weighted by atomic mass is 10.0. The first-order valence-corrected chi connectivity index (χ1v) is 8.83. The van der Waals surface area contributed by atoms with Crippen molar-refractivity contribution in [2.45, 2.75) is 5.25 Å². The van der Waals surface area contributed by atoms with Gasteiger partial charge in [-0.05, 0) is 11.1 Å². The zero-order valence-electron chi connectivity index (χ0n) is 12.2. The monoisotopic (exact) mass is 317 g/mol. The van der Waals surface area contributed by atoms with E-state index in [4.69, 9.17) is 4.18 Å². The van der Waals surface area contributed by atoms with Gasteiger partial charge >= 0.3 is 0 Å². The minimum Gasteiger partial charge on any atom is -0.316 e. The second-order valence-electron chi connectivity index (χ2n) is 5.50.